The predicted molar refractivity (Wildman–Crippen MR) is 84.6 cm³/mol. The molecule has 0 amide bonds. The largest absolute Gasteiger partial charge is 0.0991 e. The normalized spacial score (nSPS) is 15.4. The van der Waals surface area contributed by atoms with Crippen LogP contribution in [0.4, 0.5) is 0 Å². The molecule has 0 aromatic carbocycles. The number of allylic oxidation sites excluding steroid dienone is 11. The molecule has 0 heteroatoms. The summed E-state index contributed by atoms with van der Waals surface area (Å²) < 4.78 is 0. The smallest absolute Gasteiger partial charge is 0.00756 e. The molecule has 0 saturated heterocycles. The first-order valence-corrected chi connectivity index (χ1v) is 6.61. The average molecular weight is 242 g/mol. The van der Waals surface area contributed by atoms with E-state index in [1.807, 2.05) is 13.0 Å². The van der Waals surface area contributed by atoms with Crippen LogP contribution in [0.2, 0.25) is 0 Å². The van der Waals surface area contributed by atoms with Crippen molar-refractivity contribution in [3.05, 3.63) is 72.9 Å². The van der Waals surface area contributed by atoms with Gasteiger partial charge >= 0.3 is 0 Å². The van der Waals surface area contributed by atoms with Crippen LogP contribution in [0.3, 0.4) is 0 Å². The maximum Gasteiger partial charge on any atom is -0.00756 e. The van der Waals surface area contributed by atoms with Crippen molar-refractivity contribution < 1.29 is 0 Å². The van der Waals surface area contributed by atoms with E-state index in [1.54, 1.807) is 6.08 Å². The van der Waals surface area contributed by atoms with Crippen molar-refractivity contribution in [2.24, 2.45) is 5.92 Å². The lowest BCUT2D eigenvalue weighted by molar-refractivity contribution is 0.939. The first-order valence-electron chi connectivity index (χ1n) is 6.61. The molecule has 0 aliphatic heterocycles. The Hall–Kier alpha value is -1.56. The lowest BCUT2D eigenvalue weighted by atomic mass is 10.1. The topological polar surface area (TPSA) is 0 Å². The molecule has 1 unspecified atom stereocenters. The Bertz CT molecular complexity index is 348. The highest BCUT2D eigenvalue weighted by Gasteiger charge is 1.86. The Labute approximate surface area is 113 Å². The molecule has 0 heterocycles. The molecule has 0 saturated carbocycles. The Morgan fingerprint density at radius 3 is 2.50 bits per heavy atom. The molecule has 0 aromatic rings. The van der Waals surface area contributed by atoms with Gasteiger partial charge in [0.15, 0.2) is 0 Å². The molecular formula is C18H26. The van der Waals surface area contributed by atoms with Crippen LogP contribution in [0.5, 0.6) is 0 Å². The molecule has 0 rings (SSSR count). The van der Waals surface area contributed by atoms with E-state index in [4.69, 9.17) is 0 Å². The van der Waals surface area contributed by atoms with E-state index in [0.717, 1.165) is 12.8 Å². The zero-order valence-electron chi connectivity index (χ0n) is 12.0. The van der Waals surface area contributed by atoms with Crippen molar-refractivity contribution in [1.82, 2.24) is 0 Å². The number of rotatable bonds is 8. The van der Waals surface area contributed by atoms with Crippen molar-refractivity contribution in [2.45, 2.75) is 33.6 Å². The minimum atomic E-state index is 0.462. The van der Waals surface area contributed by atoms with Crippen molar-refractivity contribution >= 4 is 0 Å². The summed E-state index contributed by atoms with van der Waals surface area (Å²) in [5, 5.41) is 0. The summed E-state index contributed by atoms with van der Waals surface area (Å²) in [7, 11) is 0. The second-order valence-electron chi connectivity index (χ2n) is 4.37. The Morgan fingerprint density at radius 2 is 1.83 bits per heavy atom. The summed E-state index contributed by atoms with van der Waals surface area (Å²) in [5.74, 6) is 0.462. The van der Waals surface area contributed by atoms with Gasteiger partial charge in [0.05, 0.1) is 0 Å². The van der Waals surface area contributed by atoms with Crippen LogP contribution >= 0.6 is 0 Å². The third-order valence-electron chi connectivity index (χ3n) is 2.49. The van der Waals surface area contributed by atoms with Crippen LogP contribution in [0, 0.1) is 5.92 Å². The van der Waals surface area contributed by atoms with Gasteiger partial charge in [-0.2, -0.15) is 0 Å². The van der Waals surface area contributed by atoms with Crippen LogP contribution in [-0.4, -0.2) is 0 Å². The monoisotopic (exact) mass is 242 g/mol. The molecule has 0 N–H and O–H groups in total. The molecule has 1 atom stereocenters. The van der Waals surface area contributed by atoms with Crippen molar-refractivity contribution in [3.8, 4) is 0 Å². The first-order chi connectivity index (χ1) is 8.70. The SMILES string of the molecule is C=CC=CC(C)C=CC=CCC/C(C)=C/C=C/C. The lowest BCUT2D eigenvalue weighted by Crippen LogP contribution is -1.79. The Kier molecular flexibility index (Phi) is 10.9. The van der Waals surface area contributed by atoms with Gasteiger partial charge < -0.3 is 0 Å². The summed E-state index contributed by atoms with van der Waals surface area (Å²) in [6.07, 6.45) is 23.1. The standard InChI is InChI=1S/C18H26/c1-5-7-13-17(3)15-11-9-10-12-16-18(4)14-8-6-2/h5-11,13-15,17H,1,12,16H2,2-4H3/b8-6+,10-9?,13-7?,15-11?,18-14+. The van der Waals surface area contributed by atoms with Gasteiger partial charge in [0, 0.05) is 0 Å². The third-order valence-corrected chi connectivity index (χ3v) is 2.49. The molecule has 0 radical (unpaired) electrons. The van der Waals surface area contributed by atoms with Crippen LogP contribution < -0.4 is 0 Å². The average Bonchev–Trinajstić information content (AvgIpc) is 2.37. The molecule has 98 valence electrons. The molecule has 0 spiro atoms. The minimum absolute atomic E-state index is 0.462. The van der Waals surface area contributed by atoms with E-state index < -0.39 is 0 Å². The summed E-state index contributed by atoms with van der Waals surface area (Å²) in [4.78, 5) is 0. The predicted octanol–water partition coefficient (Wildman–Crippen LogP) is 5.78. The first kappa shape index (κ1) is 16.4. The molecule has 18 heavy (non-hydrogen) atoms. The summed E-state index contributed by atoms with van der Waals surface area (Å²) in [6.45, 7) is 10.0. The van der Waals surface area contributed by atoms with E-state index in [2.05, 4.69) is 69.0 Å². The minimum Gasteiger partial charge on any atom is -0.0991 e. The highest BCUT2D eigenvalue weighted by atomic mass is 13.9. The summed E-state index contributed by atoms with van der Waals surface area (Å²) in [5.41, 5.74) is 1.42. The zero-order chi connectivity index (χ0) is 13.6. The molecular weight excluding hydrogens is 216 g/mol. The second-order valence-corrected chi connectivity index (χ2v) is 4.37. The molecule has 0 fully saturated rings. The van der Waals surface area contributed by atoms with Gasteiger partial charge in [0.25, 0.3) is 0 Å². The molecule has 0 nitrogen and oxygen atoms in total. The molecule has 0 aromatic heterocycles. The lowest BCUT2D eigenvalue weighted by Gasteiger charge is -1.95. The fourth-order valence-electron chi connectivity index (χ4n) is 1.39. The highest BCUT2D eigenvalue weighted by molar-refractivity contribution is 5.12. The second kappa shape index (κ2) is 11.9. The van der Waals surface area contributed by atoms with Gasteiger partial charge in [-0.05, 0) is 32.6 Å². The molecule has 0 aliphatic rings. The van der Waals surface area contributed by atoms with E-state index in [0.29, 0.717) is 5.92 Å². The van der Waals surface area contributed by atoms with E-state index in [1.165, 1.54) is 5.57 Å². The van der Waals surface area contributed by atoms with Gasteiger partial charge in [-0.3, -0.25) is 0 Å². The van der Waals surface area contributed by atoms with E-state index in [-0.39, 0.29) is 0 Å². The zero-order valence-corrected chi connectivity index (χ0v) is 12.0. The quantitative estimate of drug-likeness (QED) is 0.473. The molecule has 0 aliphatic carbocycles. The van der Waals surface area contributed by atoms with Crippen LogP contribution in [0.1, 0.15) is 33.6 Å². The fraction of sp³-hybridized carbons (Fsp3) is 0.333. The van der Waals surface area contributed by atoms with Crippen molar-refractivity contribution in [1.29, 1.82) is 0 Å². The third kappa shape index (κ3) is 10.9. The van der Waals surface area contributed by atoms with Crippen LogP contribution in [0.25, 0.3) is 0 Å². The van der Waals surface area contributed by atoms with Gasteiger partial charge in [-0.15, -0.1) is 0 Å². The number of hydrogen-bond donors (Lipinski definition) is 0. The maximum absolute atomic E-state index is 3.66. The summed E-state index contributed by atoms with van der Waals surface area (Å²) >= 11 is 0. The van der Waals surface area contributed by atoms with Crippen molar-refractivity contribution in [3.63, 3.8) is 0 Å². The summed E-state index contributed by atoms with van der Waals surface area (Å²) in [6, 6.07) is 0. The van der Waals surface area contributed by atoms with Gasteiger partial charge in [-0.1, -0.05) is 79.8 Å². The molecule has 0 bridgehead atoms. The van der Waals surface area contributed by atoms with Crippen LogP contribution in [-0.2, 0) is 0 Å². The maximum atomic E-state index is 3.66. The Balaban J connectivity index is 3.87. The van der Waals surface area contributed by atoms with Gasteiger partial charge in [0.2, 0.25) is 0 Å². The fourth-order valence-corrected chi connectivity index (χ4v) is 1.39. The van der Waals surface area contributed by atoms with Gasteiger partial charge in [-0.25, -0.2) is 0 Å². The van der Waals surface area contributed by atoms with Crippen molar-refractivity contribution in [2.75, 3.05) is 0 Å². The Morgan fingerprint density at radius 1 is 1.11 bits per heavy atom. The van der Waals surface area contributed by atoms with Gasteiger partial charge in [0.1, 0.15) is 0 Å². The highest BCUT2D eigenvalue weighted by Crippen LogP contribution is 2.05. The number of hydrogen-bond acceptors (Lipinski definition) is 0. The van der Waals surface area contributed by atoms with E-state index in [9.17, 15) is 0 Å². The van der Waals surface area contributed by atoms with Crippen LogP contribution in [0.15, 0.2) is 72.9 Å². The van der Waals surface area contributed by atoms with E-state index >= 15 is 0 Å².